The van der Waals surface area contributed by atoms with Crippen molar-refractivity contribution in [2.75, 3.05) is 25.5 Å². The van der Waals surface area contributed by atoms with Gasteiger partial charge < -0.3 is 4.90 Å². The normalized spacial score (nSPS) is 19.0. The average molecular weight is 314 g/mol. The monoisotopic (exact) mass is 314 g/mol. The molecule has 1 atom stereocenters. The molecule has 1 fully saturated rings. The molecule has 1 saturated heterocycles. The number of aryl methyl sites for hydroxylation is 2. The molecule has 1 aliphatic rings. The minimum Gasteiger partial charge on any atom is -0.347 e. The van der Waals surface area contributed by atoms with Gasteiger partial charge in [0.2, 0.25) is 5.95 Å². The average Bonchev–Trinajstić information content (AvgIpc) is 2.87. The summed E-state index contributed by atoms with van der Waals surface area (Å²) in [6, 6.07) is 2.42. The Morgan fingerprint density at radius 3 is 2.83 bits per heavy atom. The minimum atomic E-state index is 0.361. The molecule has 6 nitrogen and oxygen atoms in total. The van der Waals surface area contributed by atoms with Gasteiger partial charge in [0.15, 0.2) is 0 Å². The summed E-state index contributed by atoms with van der Waals surface area (Å²) in [5, 5.41) is 4.37. The predicted octanol–water partition coefficient (Wildman–Crippen LogP) is 2.31. The van der Waals surface area contributed by atoms with E-state index in [2.05, 4.69) is 28.0 Å². The first-order valence-electron chi connectivity index (χ1n) is 8.28. The molecule has 0 unspecified atom stereocenters. The molecule has 0 bridgehead atoms. The molecule has 0 spiro atoms. The lowest BCUT2D eigenvalue weighted by molar-refractivity contribution is 0.133. The Morgan fingerprint density at radius 1 is 1.30 bits per heavy atom. The number of nitrogens with zero attached hydrogens (tertiary/aromatic N) is 6. The smallest absolute Gasteiger partial charge is 0.225 e. The third-order valence-electron chi connectivity index (χ3n) is 4.64. The number of likely N-dealkylation sites (tertiary alicyclic amines) is 1. The Morgan fingerprint density at radius 2 is 2.13 bits per heavy atom. The molecule has 124 valence electrons. The van der Waals surface area contributed by atoms with Crippen molar-refractivity contribution < 1.29 is 0 Å². The standard InChI is InChI=1S/C17H26N6/c1-13-11-19-22(4)16(13)12-23-10-6-5-7-15(23)14-8-9-18-17(20-14)21(2)3/h8-9,11,15H,5-7,10,12H2,1-4H3/t15-/m1/s1. The van der Waals surface area contributed by atoms with E-state index in [9.17, 15) is 0 Å². The highest BCUT2D eigenvalue weighted by Crippen LogP contribution is 2.31. The Balaban J connectivity index is 1.85. The molecule has 2 aromatic rings. The molecule has 3 rings (SSSR count). The van der Waals surface area contributed by atoms with E-state index in [-0.39, 0.29) is 0 Å². The summed E-state index contributed by atoms with van der Waals surface area (Å²) >= 11 is 0. The van der Waals surface area contributed by atoms with Crippen LogP contribution in [0.25, 0.3) is 0 Å². The van der Waals surface area contributed by atoms with Crippen LogP contribution in [0.3, 0.4) is 0 Å². The van der Waals surface area contributed by atoms with E-state index < -0.39 is 0 Å². The molecule has 3 heterocycles. The second-order valence-corrected chi connectivity index (χ2v) is 6.56. The van der Waals surface area contributed by atoms with Crippen LogP contribution in [0.5, 0.6) is 0 Å². The zero-order chi connectivity index (χ0) is 16.4. The van der Waals surface area contributed by atoms with Crippen molar-refractivity contribution in [1.29, 1.82) is 0 Å². The van der Waals surface area contributed by atoms with Crippen molar-refractivity contribution in [2.45, 2.75) is 38.8 Å². The molecular weight excluding hydrogens is 288 g/mol. The highest BCUT2D eigenvalue weighted by Gasteiger charge is 2.26. The maximum atomic E-state index is 4.77. The third-order valence-corrected chi connectivity index (χ3v) is 4.64. The zero-order valence-corrected chi connectivity index (χ0v) is 14.5. The van der Waals surface area contributed by atoms with Crippen LogP contribution in [0.4, 0.5) is 5.95 Å². The number of hydrogen-bond acceptors (Lipinski definition) is 5. The van der Waals surface area contributed by atoms with Crippen molar-refractivity contribution in [3.8, 4) is 0 Å². The quantitative estimate of drug-likeness (QED) is 0.867. The van der Waals surface area contributed by atoms with Crippen LogP contribution in [0.15, 0.2) is 18.5 Å². The van der Waals surface area contributed by atoms with Gasteiger partial charge in [0.05, 0.1) is 23.6 Å². The summed E-state index contributed by atoms with van der Waals surface area (Å²) < 4.78 is 1.99. The first kappa shape index (κ1) is 15.9. The number of anilines is 1. The van der Waals surface area contributed by atoms with Crippen LogP contribution in [0, 0.1) is 6.92 Å². The first-order valence-corrected chi connectivity index (χ1v) is 8.28. The topological polar surface area (TPSA) is 50.1 Å². The van der Waals surface area contributed by atoms with Crippen LogP contribution in [-0.2, 0) is 13.6 Å². The summed E-state index contributed by atoms with van der Waals surface area (Å²) in [7, 11) is 5.99. The summed E-state index contributed by atoms with van der Waals surface area (Å²) in [6.07, 6.45) is 7.48. The summed E-state index contributed by atoms with van der Waals surface area (Å²) in [4.78, 5) is 13.6. The molecule has 6 heteroatoms. The number of rotatable bonds is 4. The van der Waals surface area contributed by atoms with Crippen LogP contribution in [0.1, 0.15) is 42.3 Å². The molecule has 2 aromatic heterocycles. The highest BCUT2D eigenvalue weighted by molar-refractivity contribution is 5.28. The van der Waals surface area contributed by atoms with Crippen LogP contribution in [0.2, 0.25) is 0 Å². The van der Waals surface area contributed by atoms with Crippen LogP contribution >= 0.6 is 0 Å². The fourth-order valence-corrected chi connectivity index (χ4v) is 3.27. The second kappa shape index (κ2) is 6.66. The molecule has 0 aromatic carbocycles. The number of piperidine rings is 1. The molecule has 0 aliphatic carbocycles. The van der Waals surface area contributed by atoms with E-state index in [4.69, 9.17) is 4.98 Å². The molecule has 23 heavy (non-hydrogen) atoms. The van der Waals surface area contributed by atoms with E-state index in [0.29, 0.717) is 6.04 Å². The second-order valence-electron chi connectivity index (χ2n) is 6.56. The summed E-state index contributed by atoms with van der Waals surface area (Å²) in [6.45, 7) is 4.17. The van der Waals surface area contributed by atoms with Crippen molar-refractivity contribution in [2.24, 2.45) is 7.05 Å². The summed E-state index contributed by atoms with van der Waals surface area (Å²) in [5.74, 6) is 0.782. The molecule has 1 aliphatic heterocycles. The SMILES string of the molecule is Cc1cnn(C)c1CN1CCCC[C@@H]1c1ccnc(N(C)C)n1. The Bertz CT molecular complexity index is 643. The lowest BCUT2D eigenvalue weighted by Gasteiger charge is -2.35. The van der Waals surface area contributed by atoms with Gasteiger partial charge in [-0.1, -0.05) is 6.42 Å². The molecule has 0 N–H and O–H groups in total. The van der Waals surface area contributed by atoms with Crippen molar-refractivity contribution >= 4 is 5.95 Å². The Labute approximate surface area is 138 Å². The van der Waals surface area contributed by atoms with Crippen molar-refractivity contribution in [1.82, 2.24) is 24.6 Å². The molecule has 0 saturated carbocycles. The number of hydrogen-bond donors (Lipinski definition) is 0. The maximum absolute atomic E-state index is 4.77. The van der Waals surface area contributed by atoms with Crippen molar-refractivity contribution in [3.05, 3.63) is 35.4 Å². The van der Waals surface area contributed by atoms with Crippen LogP contribution < -0.4 is 4.90 Å². The van der Waals surface area contributed by atoms with Gasteiger partial charge in [0.25, 0.3) is 0 Å². The van der Waals surface area contributed by atoms with Gasteiger partial charge in [-0.05, 0) is 37.9 Å². The Hall–Kier alpha value is -1.95. The van der Waals surface area contributed by atoms with Gasteiger partial charge >= 0.3 is 0 Å². The summed E-state index contributed by atoms with van der Waals surface area (Å²) in [5.41, 5.74) is 3.68. The predicted molar refractivity (Wildman–Crippen MR) is 91.3 cm³/mol. The van der Waals surface area contributed by atoms with Gasteiger partial charge in [0, 0.05) is 33.9 Å². The van der Waals surface area contributed by atoms with Gasteiger partial charge in [-0.3, -0.25) is 9.58 Å². The van der Waals surface area contributed by atoms with E-state index in [1.165, 1.54) is 24.1 Å². The lowest BCUT2D eigenvalue weighted by Crippen LogP contribution is -2.34. The largest absolute Gasteiger partial charge is 0.347 e. The minimum absolute atomic E-state index is 0.361. The molecule has 0 radical (unpaired) electrons. The zero-order valence-electron chi connectivity index (χ0n) is 14.5. The highest BCUT2D eigenvalue weighted by atomic mass is 15.3. The number of aromatic nitrogens is 4. The van der Waals surface area contributed by atoms with Gasteiger partial charge in [-0.2, -0.15) is 5.10 Å². The van der Waals surface area contributed by atoms with Gasteiger partial charge in [-0.25, -0.2) is 9.97 Å². The van der Waals surface area contributed by atoms with E-state index >= 15 is 0 Å². The van der Waals surface area contributed by atoms with Gasteiger partial charge in [-0.15, -0.1) is 0 Å². The first-order chi connectivity index (χ1) is 11.1. The van der Waals surface area contributed by atoms with E-state index in [0.717, 1.165) is 31.2 Å². The Kier molecular flexibility index (Phi) is 4.61. The maximum Gasteiger partial charge on any atom is 0.225 e. The van der Waals surface area contributed by atoms with E-state index in [1.54, 1.807) is 0 Å². The van der Waals surface area contributed by atoms with E-state index in [1.807, 2.05) is 43.1 Å². The van der Waals surface area contributed by atoms with Gasteiger partial charge in [0.1, 0.15) is 0 Å². The molecular formula is C17H26N6. The third kappa shape index (κ3) is 3.37. The fourth-order valence-electron chi connectivity index (χ4n) is 3.27. The lowest BCUT2D eigenvalue weighted by atomic mass is 9.98. The molecule has 0 amide bonds. The fraction of sp³-hybridized carbons (Fsp3) is 0.588. The van der Waals surface area contributed by atoms with Crippen molar-refractivity contribution in [3.63, 3.8) is 0 Å². The van der Waals surface area contributed by atoms with Crippen LogP contribution in [-0.4, -0.2) is 45.3 Å².